The van der Waals surface area contributed by atoms with E-state index in [9.17, 15) is 9.18 Å². The van der Waals surface area contributed by atoms with E-state index in [1.807, 2.05) is 0 Å². The Kier molecular flexibility index (Phi) is 4.61. The van der Waals surface area contributed by atoms with Gasteiger partial charge in [0.15, 0.2) is 6.10 Å². The normalized spacial score (nSPS) is 16.6. The molecular weight excluding hydrogens is 273 g/mol. The summed E-state index contributed by atoms with van der Waals surface area (Å²) in [6, 6.07) is 4.02. The Balaban J connectivity index is 1.82. The van der Waals surface area contributed by atoms with Crippen LogP contribution in [0, 0.1) is 5.82 Å². The fourth-order valence-electron chi connectivity index (χ4n) is 1.52. The number of halogens is 2. The zero-order valence-electron chi connectivity index (χ0n) is 10.5. The van der Waals surface area contributed by atoms with Crippen molar-refractivity contribution in [2.24, 2.45) is 0 Å². The molecule has 0 saturated heterocycles. The molecule has 4 nitrogen and oxygen atoms in total. The third-order valence-electron chi connectivity index (χ3n) is 2.95. The van der Waals surface area contributed by atoms with Crippen molar-refractivity contribution in [2.75, 3.05) is 0 Å². The number of hydrogen-bond donors (Lipinski definition) is 1. The minimum atomic E-state index is -0.777. The highest BCUT2D eigenvalue weighted by Gasteiger charge is 2.21. The lowest BCUT2D eigenvalue weighted by atomic mass is 9.97. The lowest BCUT2D eigenvalue weighted by Gasteiger charge is -2.25. The summed E-state index contributed by atoms with van der Waals surface area (Å²) in [6.45, 7) is 1.56. The molecule has 1 amide bonds. The molecule has 1 atom stereocenters. The number of carbonyl (C=O) groups is 1. The van der Waals surface area contributed by atoms with E-state index >= 15 is 0 Å². The minimum absolute atomic E-state index is 0.0118. The van der Waals surface area contributed by atoms with Crippen LogP contribution in [0.3, 0.4) is 0 Å². The summed E-state index contributed by atoms with van der Waals surface area (Å²) in [5.41, 5.74) is 2.35. The largest absolute Gasteiger partial charge is 0.481 e. The molecule has 1 N–H and O–H groups in total. The molecule has 0 spiro atoms. The van der Waals surface area contributed by atoms with Gasteiger partial charge in [0.1, 0.15) is 11.6 Å². The Hall–Kier alpha value is -1.33. The van der Waals surface area contributed by atoms with Gasteiger partial charge in [-0.2, -0.15) is 0 Å². The van der Waals surface area contributed by atoms with E-state index in [1.54, 1.807) is 6.92 Å². The Labute approximate surface area is 115 Å². The molecule has 2 rings (SSSR count). The van der Waals surface area contributed by atoms with Gasteiger partial charge in [-0.05, 0) is 38.3 Å². The topological polar surface area (TPSA) is 47.6 Å². The maximum absolute atomic E-state index is 13.2. The van der Waals surface area contributed by atoms with Gasteiger partial charge < -0.3 is 4.74 Å². The van der Waals surface area contributed by atoms with Crippen LogP contribution in [0.4, 0.5) is 4.39 Å². The van der Waals surface area contributed by atoms with Gasteiger partial charge in [0.2, 0.25) is 0 Å². The molecule has 1 aromatic carbocycles. The Bertz CT molecular complexity index is 465. The van der Waals surface area contributed by atoms with Gasteiger partial charge in [0, 0.05) is 6.07 Å². The summed E-state index contributed by atoms with van der Waals surface area (Å²) in [5, 5.41) is 0.0118. The lowest BCUT2D eigenvalue weighted by Crippen LogP contribution is -2.40. The molecular formula is C13H15ClFNO3. The van der Waals surface area contributed by atoms with Crippen molar-refractivity contribution in [3.8, 4) is 5.75 Å². The smallest absolute Gasteiger partial charge is 0.284 e. The molecule has 1 aliphatic rings. The molecule has 0 heterocycles. The van der Waals surface area contributed by atoms with Crippen LogP contribution in [0.15, 0.2) is 18.2 Å². The molecule has 1 aromatic rings. The Morgan fingerprint density at radius 3 is 2.84 bits per heavy atom. The second kappa shape index (κ2) is 6.21. The van der Waals surface area contributed by atoms with Gasteiger partial charge in [-0.15, -0.1) is 0 Å². The van der Waals surface area contributed by atoms with E-state index in [0.717, 1.165) is 25.3 Å². The standard InChI is InChI=1S/C13H15ClFNO3/c1-8(13(17)16-19-9-3-2-4-9)18-10-5-6-11(14)12(15)7-10/h5-9H,2-4H2,1H3,(H,16,17)/t8-/m0/s1. The van der Waals surface area contributed by atoms with Crippen molar-refractivity contribution in [2.45, 2.75) is 38.4 Å². The van der Waals surface area contributed by atoms with Gasteiger partial charge >= 0.3 is 0 Å². The average Bonchev–Trinajstić information content (AvgIpc) is 2.31. The molecule has 0 aliphatic heterocycles. The fraction of sp³-hybridized carbons (Fsp3) is 0.462. The van der Waals surface area contributed by atoms with E-state index in [4.69, 9.17) is 21.2 Å². The van der Waals surface area contributed by atoms with Gasteiger partial charge in [0.25, 0.3) is 5.91 Å². The molecule has 19 heavy (non-hydrogen) atoms. The highest BCUT2D eigenvalue weighted by atomic mass is 35.5. The van der Waals surface area contributed by atoms with E-state index in [0.29, 0.717) is 0 Å². The number of nitrogens with one attached hydrogen (secondary N) is 1. The summed E-state index contributed by atoms with van der Waals surface area (Å²) in [4.78, 5) is 16.8. The van der Waals surface area contributed by atoms with Crippen molar-refractivity contribution < 1.29 is 18.8 Å². The summed E-state index contributed by atoms with van der Waals surface area (Å²) in [7, 11) is 0. The Morgan fingerprint density at radius 2 is 2.26 bits per heavy atom. The first-order chi connectivity index (χ1) is 9.06. The highest BCUT2D eigenvalue weighted by Crippen LogP contribution is 2.22. The number of ether oxygens (including phenoxy) is 1. The highest BCUT2D eigenvalue weighted by molar-refractivity contribution is 6.30. The van der Waals surface area contributed by atoms with Crippen LogP contribution in [-0.4, -0.2) is 18.1 Å². The number of amides is 1. The first-order valence-corrected chi connectivity index (χ1v) is 6.51. The van der Waals surface area contributed by atoms with Crippen LogP contribution < -0.4 is 10.2 Å². The molecule has 6 heteroatoms. The van der Waals surface area contributed by atoms with Crippen molar-refractivity contribution in [1.82, 2.24) is 5.48 Å². The predicted octanol–water partition coefficient (Wildman–Crippen LogP) is 2.85. The molecule has 1 aliphatic carbocycles. The number of carbonyl (C=O) groups excluding carboxylic acids is 1. The van der Waals surface area contributed by atoms with Gasteiger partial charge in [0.05, 0.1) is 11.1 Å². The van der Waals surface area contributed by atoms with Crippen molar-refractivity contribution in [3.63, 3.8) is 0 Å². The maximum atomic E-state index is 13.2. The van der Waals surface area contributed by atoms with E-state index in [2.05, 4.69) is 5.48 Å². The summed E-state index contributed by atoms with van der Waals surface area (Å²) >= 11 is 5.56. The summed E-state index contributed by atoms with van der Waals surface area (Å²) in [5.74, 6) is -0.743. The van der Waals surface area contributed by atoms with Crippen LogP contribution in [-0.2, 0) is 9.63 Å². The molecule has 1 fully saturated rings. The van der Waals surface area contributed by atoms with Crippen molar-refractivity contribution in [1.29, 1.82) is 0 Å². The number of benzene rings is 1. The summed E-state index contributed by atoms with van der Waals surface area (Å²) < 4.78 is 18.5. The molecule has 0 aromatic heterocycles. The monoisotopic (exact) mass is 287 g/mol. The summed E-state index contributed by atoms with van der Waals surface area (Å²) in [6.07, 6.45) is 2.36. The zero-order valence-corrected chi connectivity index (χ0v) is 11.2. The number of hydrogen-bond acceptors (Lipinski definition) is 3. The van der Waals surface area contributed by atoms with Crippen LogP contribution in [0.2, 0.25) is 5.02 Å². The first-order valence-electron chi connectivity index (χ1n) is 6.13. The predicted molar refractivity (Wildman–Crippen MR) is 68.4 cm³/mol. The second-order valence-electron chi connectivity index (χ2n) is 4.47. The maximum Gasteiger partial charge on any atom is 0.284 e. The van der Waals surface area contributed by atoms with Gasteiger partial charge in [-0.25, -0.2) is 9.87 Å². The van der Waals surface area contributed by atoms with Crippen LogP contribution in [0.5, 0.6) is 5.75 Å². The molecule has 0 radical (unpaired) electrons. The third-order valence-corrected chi connectivity index (χ3v) is 3.26. The van der Waals surface area contributed by atoms with Crippen LogP contribution in [0.25, 0.3) is 0 Å². The lowest BCUT2D eigenvalue weighted by molar-refractivity contribution is -0.149. The van der Waals surface area contributed by atoms with Crippen molar-refractivity contribution in [3.05, 3.63) is 29.0 Å². The Morgan fingerprint density at radius 1 is 1.53 bits per heavy atom. The second-order valence-corrected chi connectivity index (χ2v) is 4.88. The van der Waals surface area contributed by atoms with Gasteiger partial charge in [-0.3, -0.25) is 9.63 Å². The van der Waals surface area contributed by atoms with E-state index in [1.165, 1.54) is 12.1 Å². The third kappa shape index (κ3) is 3.81. The zero-order chi connectivity index (χ0) is 13.8. The van der Waals surface area contributed by atoms with E-state index < -0.39 is 17.8 Å². The number of hydroxylamine groups is 1. The first kappa shape index (κ1) is 14.1. The van der Waals surface area contributed by atoms with Gasteiger partial charge in [-0.1, -0.05) is 11.6 Å². The molecule has 1 saturated carbocycles. The average molecular weight is 288 g/mol. The quantitative estimate of drug-likeness (QED) is 0.847. The SMILES string of the molecule is C[C@H](Oc1ccc(Cl)c(F)c1)C(=O)NOC1CCC1. The fourth-order valence-corrected chi connectivity index (χ4v) is 1.64. The molecule has 0 unspecified atom stereocenters. The molecule has 104 valence electrons. The molecule has 0 bridgehead atoms. The van der Waals surface area contributed by atoms with Crippen molar-refractivity contribution >= 4 is 17.5 Å². The van der Waals surface area contributed by atoms with Crippen LogP contribution in [0.1, 0.15) is 26.2 Å². The van der Waals surface area contributed by atoms with Crippen LogP contribution >= 0.6 is 11.6 Å². The van der Waals surface area contributed by atoms with E-state index in [-0.39, 0.29) is 16.9 Å². The number of rotatable bonds is 5. The minimum Gasteiger partial charge on any atom is -0.481 e.